The van der Waals surface area contributed by atoms with E-state index >= 15 is 0 Å². The molecule has 15 nitrogen and oxygen atoms in total. The van der Waals surface area contributed by atoms with E-state index in [9.17, 15) is 19.2 Å². The SMILES string of the molecule is Nc1ncnc2c1c(-c1ccc(Oc3ccccc3)cc1)nn2C1CCC(C(=O)NCCN2CCN(c3ccc4c(c3)CN(C3CCC(=O)NC3=O)C4=O)CC2)CC1. The van der Waals surface area contributed by atoms with E-state index in [1.54, 1.807) is 4.90 Å². The molecule has 298 valence electrons. The van der Waals surface area contributed by atoms with E-state index < -0.39 is 11.9 Å². The summed E-state index contributed by atoms with van der Waals surface area (Å²) in [4.78, 5) is 65.6. The van der Waals surface area contributed by atoms with Crippen molar-refractivity contribution in [1.29, 1.82) is 0 Å². The van der Waals surface area contributed by atoms with E-state index in [0.717, 1.165) is 97.8 Å². The topological polar surface area (TPSA) is 181 Å². The van der Waals surface area contributed by atoms with Gasteiger partial charge in [0, 0.05) is 75.0 Å². The smallest absolute Gasteiger partial charge is 0.255 e. The number of fused-ring (bicyclic) bond motifs is 2. The second kappa shape index (κ2) is 15.9. The maximum Gasteiger partial charge on any atom is 0.255 e. The summed E-state index contributed by atoms with van der Waals surface area (Å²) in [6.07, 6.45) is 5.18. The average Bonchev–Trinajstić information content (AvgIpc) is 3.80. The summed E-state index contributed by atoms with van der Waals surface area (Å²) in [6, 6.07) is 22.8. The Morgan fingerprint density at radius 1 is 0.879 bits per heavy atom. The fourth-order valence-corrected chi connectivity index (χ4v) is 8.81. The van der Waals surface area contributed by atoms with Gasteiger partial charge >= 0.3 is 0 Å². The fourth-order valence-electron chi connectivity index (χ4n) is 8.81. The lowest BCUT2D eigenvalue weighted by molar-refractivity contribution is -0.137. The van der Waals surface area contributed by atoms with Crippen LogP contribution in [0.25, 0.3) is 22.3 Å². The molecule has 0 radical (unpaired) electrons. The lowest BCUT2D eigenvalue weighted by atomic mass is 9.85. The zero-order valence-electron chi connectivity index (χ0n) is 32.2. The van der Waals surface area contributed by atoms with Crippen molar-refractivity contribution in [2.24, 2.45) is 5.92 Å². The molecule has 5 aromatic rings. The number of hydrogen-bond donors (Lipinski definition) is 3. The molecule has 5 heterocycles. The molecule has 4 amide bonds. The summed E-state index contributed by atoms with van der Waals surface area (Å²) in [5, 5.41) is 11.3. The summed E-state index contributed by atoms with van der Waals surface area (Å²) in [6.45, 7) is 5.11. The third-order valence-corrected chi connectivity index (χ3v) is 12.0. The van der Waals surface area contributed by atoms with Crippen LogP contribution in [0.1, 0.15) is 60.5 Å². The average molecular weight is 783 g/mol. The van der Waals surface area contributed by atoms with E-state index in [1.165, 1.54) is 6.33 Å². The van der Waals surface area contributed by atoms with Gasteiger partial charge in [-0.3, -0.25) is 29.4 Å². The molecular formula is C43H46N10O5. The summed E-state index contributed by atoms with van der Waals surface area (Å²) in [7, 11) is 0. The zero-order valence-corrected chi connectivity index (χ0v) is 32.2. The van der Waals surface area contributed by atoms with Crippen molar-refractivity contribution < 1.29 is 23.9 Å². The largest absolute Gasteiger partial charge is 0.457 e. The second-order valence-corrected chi connectivity index (χ2v) is 15.6. The van der Waals surface area contributed by atoms with Crippen LogP contribution in [0.2, 0.25) is 0 Å². The van der Waals surface area contributed by atoms with Crippen LogP contribution >= 0.6 is 0 Å². The maximum absolute atomic E-state index is 13.3. The van der Waals surface area contributed by atoms with Crippen molar-refractivity contribution in [3.05, 3.63) is 90.3 Å². The normalized spacial score (nSPS) is 21.2. The van der Waals surface area contributed by atoms with Crippen LogP contribution in [0, 0.1) is 5.92 Å². The number of ether oxygens (including phenoxy) is 1. The van der Waals surface area contributed by atoms with Crippen LogP contribution in [0.4, 0.5) is 11.5 Å². The van der Waals surface area contributed by atoms with Gasteiger partial charge in [-0.15, -0.1) is 0 Å². The number of benzene rings is 3. The number of nitrogen functional groups attached to an aromatic ring is 1. The van der Waals surface area contributed by atoms with Crippen LogP contribution in [-0.4, -0.2) is 98.5 Å². The molecule has 4 N–H and O–H groups in total. The number of nitrogens with two attached hydrogens (primary N) is 1. The third kappa shape index (κ3) is 7.44. The Labute approximate surface area is 335 Å². The highest BCUT2D eigenvalue weighted by atomic mass is 16.5. The number of carbonyl (C=O) groups is 4. The molecule has 15 heteroatoms. The second-order valence-electron chi connectivity index (χ2n) is 15.6. The molecule has 4 aliphatic rings. The molecule has 58 heavy (non-hydrogen) atoms. The monoisotopic (exact) mass is 782 g/mol. The van der Waals surface area contributed by atoms with E-state index in [2.05, 4.69) is 36.5 Å². The maximum atomic E-state index is 13.3. The lowest BCUT2D eigenvalue weighted by Crippen LogP contribution is -2.52. The molecule has 3 fully saturated rings. The van der Waals surface area contributed by atoms with Gasteiger partial charge in [-0.1, -0.05) is 18.2 Å². The van der Waals surface area contributed by atoms with Crippen molar-refractivity contribution >= 4 is 46.2 Å². The number of rotatable bonds is 10. The van der Waals surface area contributed by atoms with Crippen LogP contribution in [0.3, 0.4) is 0 Å². The van der Waals surface area contributed by atoms with Gasteiger partial charge < -0.3 is 25.6 Å². The minimum Gasteiger partial charge on any atom is -0.457 e. The Hall–Kier alpha value is -6.35. The summed E-state index contributed by atoms with van der Waals surface area (Å²) < 4.78 is 7.96. The highest BCUT2D eigenvalue weighted by Gasteiger charge is 2.39. The highest BCUT2D eigenvalue weighted by molar-refractivity contribution is 6.05. The Balaban J connectivity index is 0.747. The summed E-state index contributed by atoms with van der Waals surface area (Å²) in [5.41, 5.74) is 11.3. The molecule has 3 aliphatic heterocycles. The van der Waals surface area contributed by atoms with Gasteiger partial charge in [0.1, 0.15) is 35.4 Å². The fraction of sp³-hybridized carbons (Fsp3) is 0.372. The molecule has 2 aromatic heterocycles. The van der Waals surface area contributed by atoms with Crippen molar-refractivity contribution in [3.8, 4) is 22.8 Å². The quantitative estimate of drug-likeness (QED) is 0.172. The van der Waals surface area contributed by atoms with Crippen LogP contribution in [-0.2, 0) is 20.9 Å². The van der Waals surface area contributed by atoms with E-state index in [1.807, 2.05) is 71.4 Å². The van der Waals surface area contributed by atoms with Crippen LogP contribution in [0.15, 0.2) is 79.1 Å². The number of amides is 4. The molecule has 0 spiro atoms. The predicted octanol–water partition coefficient (Wildman–Crippen LogP) is 4.30. The number of piperazine rings is 1. The number of anilines is 2. The first-order valence-corrected chi connectivity index (χ1v) is 20.1. The van der Waals surface area contributed by atoms with E-state index in [0.29, 0.717) is 36.5 Å². The van der Waals surface area contributed by atoms with Crippen LogP contribution in [0.5, 0.6) is 11.5 Å². The molecule has 2 saturated heterocycles. The van der Waals surface area contributed by atoms with E-state index in [-0.39, 0.29) is 36.1 Å². The molecule has 1 saturated carbocycles. The number of para-hydroxylation sites is 1. The number of hydrogen-bond acceptors (Lipinski definition) is 11. The first-order valence-electron chi connectivity index (χ1n) is 20.1. The van der Waals surface area contributed by atoms with Gasteiger partial charge in [0.05, 0.1) is 11.4 Å². The Bertz CT molecular complexity index is 2350. The molecule has 1 atom stereocenters. The van der Waals surface area contributed by atoms with Crippen molar-refractivity contribution in [2.75, 3.05) is 49.9 Å². The number of piperidine rings is 1. The molecule has 9 rings (SSSR count). The van der Waals surface area contributed by atoms with Crippen molar-refractivity contribution in [3.63, 3.8) is 0 Å². The number of aromatic nitrogens is 4. The Kier molecular flexibility index (Phi) is 10.2. The number of imide groups is 1. The molecule has 1 aliphatic carbocycles. The Morgan fingerprint density at radius 2 is 1.64 bits per heavy atom. The minimum absolute atomic E-state index is 0.0520. The third-order valence-electron chi connectivity index (χ3n) is 12.0. The number of carbonyl (C=O) groups excluding carboxylic acids is 4. The number of nitrogens with zero attached hydrogens (tertiary/aromatic N) is 7. The Morgan fingerprint density at radius 3 is 2.40 bits per heavy atom. The zero-order chi connectivity index (χ0) is 39.8. The molecular weight excluding hydrogens is 737 g/mol. The van der Waals surface area contributed by atoms with Crippen LogP contribution < -0.4 is 26.0 Å². The van der Waals surface area contributed by atoms with Crippen molar-refractivity contribution in [1.82, 2.24) is 40.2 Å². The molecule has 0 bridgehead atoms. The van der Waals surface area contributed by atoms with Gasteiger partial charge in [0.15, 0.2) is 5.65 Å². The van der Waals surface area contributed by atoms with Gasteiger partial charge in [-0.2, -0.15) is 5.10 Å². The van der Waals surface area contributed by atoms with Gasteiger partial charge in [0.25, 0.3) is 5.91 Å². The van der Waals surface area contributed by atoms with Gasteiger partial charge in [-0.05, 0) is 92.3 Å². The van der Waals surface area contributed by atoms with Gasteiger partial charge in [-0.25, -0.2) is 14.6 Å². The summed E-state index contributed by atoms with van der Waals surface area (Å²) >= 11 is 0. The van der Waals surface area contributed by atoms with E-state index in [4.69, 9.17) is 15.6 Å². The predicted molar refractivity (Wildman–Crippen MR) is 217 cm³/mol. The summed E-state index contributed by atoms with van der Waals surface area (Å²) in [5.74, 6) is 1.06. The lowest BCUT2D eigenvalue weighted by Gasteiger charge is -2.36. The standard InChI is InChI=1S/C43H46N10O5/c44-39-37-38(27-8-13-33(14-9-27)58-32-4-2-1-3-5-32)49-53(40(37)47-26-46-39)30-10-6-28(7-11-30)41(55)45-18-19-50-20-22-51(23-21-50)31-12-15-34-29(24-31)25-52(43(34)57)35-16-17-36(54)48-42(35)56/h1-5,8-9,12-15,24,26,28,30,35H,6-7,10-11,16-23,25H2,(H,45,55)(H2,44,46,47)(H,48,54,56). The molecule has 1 unspecified atom stereocenters. The van der Waals surface area contributed by atoms with Gasteiger partial charge in [0.2, 0.25) is 17.7 Å². The highest BCUT2D eigenvalue weighted by Crippen LogP contribution is 2.38. The first kappa shape index (κ1) is 37.2. The first-order chi connectivity index (χ1) is 28.3. The van der Waals surface area contributed by atoms with Crippen molar-refractivity contribution in [2.45, 2.75) is 57.2 Å². The molecule has 3 aromatic carbocycles. The number of nitrogens with one attached hydrogen (secondary N) is 2. The minimum atomic E-state index is -0.621.